The number of hydrogen-bond donors (Lipinski definition) is 0. The highest BCUT2D eigenvalue weighted by Gasteiger charge is 2.11. The van der Waals surface area contributed by atoms with Gasteiger partial charge in [0, 0.05) is 36.0 Å². The number of aryl methyl sites for hydroxylation is 8. The zero-order valence-corrected chi connectivity index (χ0v) is 30.1. The van der Waals surface area contributed by atoms with Gasteiger partial charge in [-0.25, -0.2) is 24.9 Å². The van der Waals surface area contributed by atoms with E-state index in [-0.39, 0.29) is 0 Å². The van der Waals surface area contributed by atoms with E-state index >= 15 is 0 Å². The van der Waals surface area contributed by atoms with Crippen molar-refractivity contribution in [3.63, 3.8) is 0 Å². The molecule has 0 saturated heterocycles. The lowest BCUT2D eigenvalue weighted by molar-refractivity contribution is 0.491. The van der Waals surface area contributed by atoms with Crippen LogP contribution in [0.3, 0.4) is 0 Å². The highest BCUT2D eigenvalue weighted by molar-refractivity contribution is 7.11. The van der Waals surface area contributed by atoms with Gasteiger partial charge in [0.2, 0.25) is 0 Å². The van der Waals surface area contributed by atoms with Crippen LogP contribution in [0.4, 0.5) is 0 Å². The van der Waals surface area contributed by atoms with Crippen molar-refractivity contribution in [2.24, 2.45) is 0 Å². The lowest BCUT2D eigenvalue weighted by Crippen LogP contribution is -2.03. The summed E-state index contributed by atoms with van der Waals surface area (Å²) < 4.78 is 10.5. The Morgan fingerprint density at radius 1 is 0.476 bits per heavy atom. The Morgan fingerprint density at radius 2 is 0.905 bits per heavy atom. The number of rotatable bonds is 4. The molecule has 0 bridgehead atoms. The Bertz CT molecular complexity index is 1320. The van der Waals surface area contributed by atoms with Gasteiger partial charge in [-0.1, -0.05) is 55.4 Å². The van der Waals surface area contributed by atoms with Crippen LogP contribution in [0.25, 0.3) is 0 Å². The first-order valence-corrected chi connectivity index (χ1v) is 15.8. The van der Waals surface area contributed by atoms with E-state index in [1.807, 2.05) is 52.9 Å². The van der Waals surface area contributed by atoms with Gasteiger partial charge in [0.05, 0.1) is 22.1 Å². The zero-order valence-electron chi connectivity index (χ0n) is 29.3. The monoisotopic (exact) mass is 597 g/mol. The van der Waals surface area contributed by atoms with Gasteiger partial charge in [-0.3, -0.25) is 0 Å². The van der Waals surface area contributed by atoms with Gasteiger partial charge in [0.25, 0.3) is 0 Å². The van der Waals surface area contributed by atoms with Crippen molar-refractivity contribution in [3.05, 3.63) is 73.0 Å². The molecule has 4 aromatic rings. The summed E-state index contributed by atoms with van der Waals surface area (Å²) in [6.07, 6.45) is 0. The van der Waals surface area contributed by atoms with Crippen LogP contribution >= 0.6 is 11.3 Å². The van der Waals surface area contributed by atoms with Crippen LogP contribution in [-0.2, 0) is 0 Å². The van der Waals surface area contributed by atoms with Crippen LogP contribution in [0.1, 0.15) is 152 Å². The third-order valence-corrected chi connectivity index (χ3v) is 7.97. The molecule has 0 atom stereocenters. The fraction of sp³-hybridized carbons (Fsp3) is 0.618. The minimum Gasteiger partial charge on any atom is -0.446 e. The molecule has 8 heteroatoms. The molecule has 0 spiro atoms. The molecule has 0 aliphatic rings. The Balaban J connectivity index is 0.000000281. The Kier molecular flexibility index (Phi) is 14.8. The average molecular weight is 598 g/mol. The van der Waals surface area contributed by atoms with Crippen LogP contribution in [0.15, 0.2) is 8.83 Å². The first-order chi connectivity index (χ1) is 19.3. The SMILES string of the molecule is Cc1nc(C(C)C)c(C)o1.Cc1nc(C(C)C)c(C)o1.Cc1nc(C(C)C)sc1C.Cc1nc(C)c(C)c(C(C)C)n1. The van der Waals surface area contributed by atoms with Crippen LogP contribution < -0.4 is 0 Å². The first kappa shape index (κ1) is 37.2. The van der Waals surface area contributed by atoms with E-state index in [9.17, 15) is 0 Å². The number of aromatic nitrogens is 5. The molecule has 0 unspecified atom stereocenters. The van der Waals surface area contributed by atoms with E-state index in [1.54, 1.807) is 0 Å². The molecule has 0 radical (unpaired) electrons. The van der Waals surface area contributed by atoms with Crippen LogP contribution in [0, 0.1) is 62.3 Å². The summed E-state index contributed by atoms with van der Waals surface area (Å²) in [6.45, 7) is 35.1. The average Bonchev–Trinajstić information content (AvgIpc) is 3.52. The standard InChI is InChI=1S/C10H16N2.2C8H13NO.C8H13NS/c1-6(2)10-7(3)8(4)11-9(5)12-10;2*1-5(2)8-6(3)10-7(4)9-8;1-5(2)8-9-6(3)7(4)10-8/h6H,1-5H3;3*5H,1-4H3. The van der Waals surface area contributed by atoms with Crippen LogP contribution in [-0.4, -0.2) is 24.9 Å². The van der Waals surface area contributed by atoms with Gasteiger partial charge in [0.1, 0.15) is 17.3 Å². The van der Waals surface area contributed by atoms with Crippen molar-refractivity contribution < 1.29 is 8.83 Å². The molecule has 0 N–H and O–H groups in total. The largest absolute Gasteiger partial charge is 0.446 e. The van der Waals surface area contributed by atoms with Crippen molar-refractivity contribution in [1.29, 1.82) is 0 Å². The fourth-order valence-corrected chi connectivity index (χ4v) is 5.19. The second-order valence-electron chi connectivity index (χ2n) is 12.0. The van der Waals surface area contributed by atoms with E-state index in [4.69, 9.17) is 8.83 Å². The molecule has 0 aliphatic carbocycles. The summed E-state index contributed by atoms with van der Waals surface area (Å²) >= 11 is 1.81. The van der Waals surface area contributed by atoms with Gasteiger partial charge < -0.3 is 8.83 Å². The van der Waals surface area contributed by atoms with Crippen molar-refractivity contribution in [3.8, 4) is 0 Å². The molecular formula is C34H55N5O2S. The second kappa shape index (κ2) is 16.7. The van der Waals surface area contributed by atoms with E-state index in [0.717, 1.165) is 46.2 Å². The molecule has 42 heavy (non-hydrogen) atoms. The first-order valence-electron chi connectivity index (χ1n) is 15.0. The number of oxazole rings is 2. The third kappa shape index (κ3) is 11.4. The molecule has 4 heterocycles. The predicted octanol–water partition coefficient (Wildman–Crippen LogP) is 10.2. The van der Waals surface area contributed by atoms with Crippen LogP contribution in [0.5, 0.6) is 0 Å². The lowest BCUT2D eigenvalue weighted by Gasteiger charge is -2.10. The summed E-state index contributed by atoms with van der Waals surface area (Å²) in [5, 5.41) is 1.26. The highest BCUT2D eigenvalue weighted by Crippen LogP contribution is 2.23. The summed E-state index contributed by atoms with van der Waals surface area (Å²) in [7, 11) is 0. The normalized spacial score (nSPS) is 10.9. The van der Waals surface area contributed by atoms with Crippen molar-refractivity contribution in [2.45, 2.75) is 141 Å². The van der Waals surface area contributed by atoms with Gasteiger partial charge in [-0.15, -0.1) is 11.3 Å². The zero-order chi connectivity index (χ0) is 32.5. The molecule has 0 aromatic carbocycles. The van der Waals surface area contributed by atoms with Gasteiger partial charge >= 0.3 is 0 Å². The number of nitrogens with zero attached hydrogens (tertiary/aromatic N) is 5. The lowest BCUT2D eigenvalue weighted by atomic mass is 10.0. The Morgan fingerprint density at radius 3 is 1.14 bits per heavy atom. The van der Waals surface area contributed by atoms with E-state index in [2.05, 4.69) is 101 Å². The van der Waals surface area contributed by atoms with Gasteiger partial charge in [-0.05, 0) is 71.8 Å². The summed E-state index contributed by atoms with van der Waals surface area (Å²) in [4.78, 5) is 23.0. The minimum atomic E-state index is 0.470. The fourth-order valence-electron chi connectivity index (χ4n) is 4.26. The quantitative estimate of drug-likeness (QED) is 0.231. The van der Waals surface area contributed by atoms with Crippen LogP contribution in [0.2, 0.25) is 0 Å². The summed E-state index contributed by atoms with van der Waals surface area (Å²) in [6, 6.07) is 0. The molecule has 4 aromatic heterocycles. The van der Waals surface area contributed by atoms with Gasteiger partial charge in [0.15, 0.2) is 11.8 Å². The van der Waals surface area contributed by atoms with Gasteiger partial charge in [-0.2, -0.15) is 0 Å². The Labute approximate surface area is 259 Å². The molecule has 7 nitrogen and oxygen atoms in total. The van der Waals surface area contributed by atoms with E-state index in [1.165, 1.54) is 26.8 Å². The topological polar surface area (TPSA) is 90.7 Å². The molecule has 4 rings (SSSR count). The highest BCUT2D eigenvalue weighted by atomic mass is 32.1. The molecular weight excluding hydrogens is 542 g/mol. The van der Waals surface area contributed by atoms with E-state index in [0.29, 0.717) is 23.7 Å². The number of thiazole rings is 1. The molecule has 0 fully saturated rings. The summed E-state index contributed by atoms with van der Waals surface area (Å²) in [5.41, 5.74) is 6.87. The van der Waals surface area contributed by atoms with E-state index < -0.39 is 0 Å². The maximum atomic E-state index is 5.26. The van der Waals surface area contributed by atoms with Crippen molar-refractivity contribution in [1.82, 2.24) is 24.9 Å². The number of hydrogen-bond acceptors (Lipinski definition) is 8. The maximum absolute atomic E-state index is 5.26. The summed E-state index contributed by atoms with van der Waals surface area (Å²) in [5.74, 6) is 6.32. The smallest absolute Gasteiger partial charge is 0.191 e. The maximum Gasteiger partial charge on any atom is 0.191 e. The molecule has 234 valence electrons. The minimum absolute atomic E-state index is 0.470. The Hall–Kier alpha value is -2.87. The third-order valence-electron chi connectivity index (χ3n) is 6.60. The van der Waals surface area contributed by atoms with Crippen molar-refractivity contribution in [2.75, 3.05) is 0 Å². The second-order valence-corrected chi connectivity index (χ2v) is 13.3. The molecule has 0 amide bonds. The molecule has 0 saturated carbocycles. The van der Waals surface area contributed by atoms with Crippen molar-refractivity contribution >= 4 is 11.3 Å². The predicted molar refractivity (Wildman–Crippen MR) is 176 cm³/mol. The molecule has 0 aliphatic heterocycles.